The summed E-state index contributed by atoms with van der Waals surface area (Å²) in [6, 6.07) is 1.99. The van der Waals surface area contributed by atoms with Crippen molar-refractivity contribution in [3.05, 3.63) is 18.0 Å². The van der Waals surface area contributed by atoms with Gasteiger partial charge in [0, 0.05) is 37.4 Å². The Bertz CT molecular complexity index is 631. The second kappa shape index (κ2) is 7.11. The standard InChI is InChI=1S/C15H24N4O3S/c1-23(20,21)19-8-9-22-13(11-19)10-17-15-16-7-6-14(18-15)12-4-2-3-5-12/h6-7,12-13H,2-5,8-11H2,1H3,(H,16,17,18)/t13-/m1/s1. The van der Waals surface area contributed by atoms with Gasteiger partial charge >= 0.3 is 0 Å². The topological polar surface area (TPSA) is 84.4 Å². The summed E-state index contributed by atoms with van der Waals surface area (Å²) in [7, 11) is -3.17. The highest BCUT2D eigenvalue weighted by molar-refractivity contribution is 7.88. The lowest BCUT2D eigenvalue weighted by atomic mass is 10.0. The van der Waals surface area contributed by atoms with E-state index in [-0.39, 0.29) is 6.10 Å². The van der Waals surface area contributed by atoms with Crippen LogP contribution in [-0.2, 0) is 14.8 Å². The lowest BCUT2D eigenvalue weighted by Gasteiger charge is -2.31. The van der Waals surface area contributed by atoms with E-state index in [1.165, 1.54) is 36.2 Å². The van der Waals surface area contributed by atoms with Crippen LogP contribution in [0.1, 0.15) is 37.3 Å². The molecule has 0 radical (unpaired) electrons. The summed E-state index contributed by atoms with van der Waals surface area (Å²) < 4.78 is 30.3. The third-order valence-corrected chi connectivity index (χ3v) is 5.78. The first-order valence-electron chi connectivity index (χ1n) is 8.16. The first-order valence-corrected chi connectivity index (χ1v) is 10.0. The molecule has 3 rings (SSSR count). The van der Waals surface area contributed by atoms with Gasteiger partial charge in [-0.05, 0) is 18.9 Å². The number of hydrogen-bond acceptors (Lipinski definition) is 6. The largest absolute Gasteiger partial charge is 0.374 e. The highest BCUT2D eigenvalue weighted by Gasteiger charge is 2.26. The fraction of sp³-hybridized carbons (Fsp3) is 0.733. The van der Waals surface area contributed by atoms with Crippen LogP contribution in [0.15, 0.2) is 12.3 Å². The number of aromatic nitrogens is 2. The van der Waals surface area contributed by atoms with E-state index in [2.05, 4.69) is 15.3 Å². The molecular weight excluding hydrogens is 316 g/mol. The number of anilines is 1. The SMILES string of the molecule is CS(=O)(=O)N1CCO[C@H](CNc2nccc(C3CCCC3)n2)C1. The van der Waals surface area contributed by atoms with Gasteiger partial charge < -0.3 is 10.1 Å². The highest BCUT2D eigenvalue weighted by Crippen LogP contribution is 2.32. The van der Waals surface area contributed by atoms with Crippen molar-refractivity contribution in [3.8, 4) is 0 Å². The van der Waals surface area contributed by atoms with Gasteiger partial charge in [0.1, 0.15) is 0 Å². The first kappa shape index (κ1) is 16.6. The van der Waals surface area contributed by atoms with Gasteiger partial charge in [-0.3, -0.25) is 0 Å². The van der Waals surface area contributed by atoms with E-state index in [4.69, 9.17) is 4.74 Å². The van der Waals surface area contributed by atoms with Crippen LogP contribution in [0.2, 0.25) is 0 Å². The minimum absolute atomic E-state index is 0.183. The number of ether oxygens (including phenoxy) is 1. The van der Waals surface area contributed by atoms with Gasteiger partial charge in [0.25, 0.3) is 0 Å². The Balaban J connectivity index is 1.56. The lowest BCUT2D eigenvalue weighted by molar-refractivity contribution is 0.00696. The maximum absolute atomic E-state index is 11.6. The summed E-state index contributed by atoms with van der Waals surface area (Å²) in [5.74, 6) is 1.14. The average molecular weight is 340 g/mol. The molecule has 2 aliphatic rings. The molecule has 23 heavy (non-hydrogen) atoms. The van der Waals surface area contributed by atoms with Crippen LogP contribution in [0.25, 0.3) is 0 Å². The van der Waals surface area contributed by atoms with Gasteiger partial charge in [-0.15, -0.1) is 0 Å². The van der Waals surface area contributed by atoms with E-state index in [9.17, 15) is 8.42 Å². The molecule has 2 fully saturated rings. The van der Waals surface area contributed by atoms with E-state index in [0.29, 0.717) is 38.1 Å². The van der Waals surface area contributed by atoms with Gasteiger partial charge in [0.2, 0.25) is 16.0 Å². The summed E-state index contributed by atoms with van der Waals surface area (Å²) in [4.78, 5) is 8.85. The fourth-order valence-corrected chi connectivity index (χ4v) is 4.07. The minimum Gasteiger partial charge on any atom is -0.374 e. The number of nitrogens with one attached hydrogen (secondary N) is 1. The molecule has 7 nitrogen and oxygen atoms in total. The van der Waals surface area contributed by atoms with Crippen molar-refractivity contribution >= 4 is 16.0 Å². The number of nitrogens with zero attached hydrogens (tertiary/aromatic N) is 3. The molecule has 1 aliphatic heterocycles. The van der Waals surface area contributed by atoms with Gasteiger partial charge in [-0.25, -0.2) is 18.4 Å². The van der Waals surface area contributed by atoms with E-state index < -0.39 is 10.0 Å². The van der Waals surface area contributed by atoms with Crippen molar-refractivity contribution in [2.24, 2.45) is 0 Å². The number of sulfonamides is 1. The van der Waals surface area contributed by atoms with Crippen LogP contribution in [0.4, 0.5) is 5.95 Å². The Morgan fingerprint density at radius 2 is 2.17 bits per heavy atom. The second-order valence-corrected chi connectivity index (χ2v) is 8.26. The maximum Gasteiger partial charge on any atom is 0.222 e. The summed E-state index contributed by atoms with van der Waals surface area (Å²) in [5.41, 5.74) is 1.10. The van der Waals surface area contributed by atoms with Crippen LogP contribution in [0.5, 0.6) is 0 Å². The van der Waals surface area contributed by atoms with E-state index in [0.717, 1.165) is 5.69 Å². The molecular formula is C15H24N4O3S. The Kier molecular flexibility index (Phi) is 5.13. The van der Waals surface area contributed by atoms with Crippen LogP contribution >= 0.6 is 0 Å². The molecule has 1 aromatic heterocycles. The van der Waals surface area contributed by atoms with Gasteiger partial charge in [0.05, 0.1) is 19.0 Å². The van der Waals surface area contributed by atoms with E-state index >= 15 is 0 Å². The Morgan fingerprint density at radius 1 is 1.39 bits per heavy atom. The first-order chi connectivity index (χ1) is 11.0. The zero-order valence-corrected chi connectivity index (χ0v) is 14.3. The van der Waals surface area contributed by atoms with E-state index in [1.807, 2.05) is 6.07 Å². The Morgan fingerprint density at radius 3 is 2.91 bits per heavy atom. The smallest absolute Gasteiger partial charge is 0.222 e. The predicted molar refractivity (Wildman–Crippen MR) is 87.9 cm³/mol. The Hall–Kier alpha value is -1.25. The lowest BCUT2D eigenvalue weighted by Crippen LogP contribution is -2.47. The van der Waals surface area contributed by atoms with Crippen molar-refractivity contribution in [2.45, 2.75) is 37.7 Å². The summed E-state index contributed by atoms with van der Waals surface area (Å²) >= 11 is 0. The quantitative estimate of drug-likeness (QED) is 0.867. The van der Waals surface area contributed by atoms with Crippen LogP contribution < -0.4 is 5.32 Å². The van der Waals surface area contributed by atoms with Crippen LogP contribution in [0, 0.1) is 0 Å². The zero-order chi connectivity index (χ0) is 16.3. The average Bonchev–Trinajstić information content (AvgIpc) is 3.07. The van der Waals surface area contributed by atoms with Gasteiger partial charge in [-0.2, -0.15) is 4.31 Å². The van der Waals surface area contributed by atoms with Gasteiger partial charge in [0.15, 0.2) is 0 Å². The molecule has 0 spiro atoms. The molecule has 8 heteroatoms. The van der Waals surface area contributed by atoms with Crippen molar-refractivity contribution in [1.29, 1.82) is 0 Å². The molecule has 0 bridgehead atoms. The van der Waals surface area contributed by atoms with Crippen LogP contribution in [0.3, 0.4) is 0 Å². The normalized spacial score (nSPS) is 24.0. The number of rotatable bonds is 5. The maximum atomic E-state index is 11.6. The van der Waals surface area contributed by atoms with Crippen molar-refractivity contribution in [1.82, 2.24) is 14.3 Å². The third kappa shape index (κ3) is 4.39. The molecule has 1 aromatic rings. The van der Waals surface area contributed by atoms with Crippen molar-refractivity contribution < 1.29 is 13.2 Å². The Labute approximate surface area is 137 Å². The van der Waals surface area contributed by atoms with Crippen molar-refractivity contribution in [2.75, 3.05) is 37.8 Å². The summed E-state index contributed by atoms with van der Waals surface area (Å²) in [5, 5.41) is 3.18. The third-order valence-electron chi connectivity index (χ3n) is 4.51. The molecule has 1 aliphatic carbocycles. The zero-order valence-electron chi connectivity index (χ0n) is 13.4. The molecule has 1 atom stereocenters. The van der Waals surface area contributed by atoms with E-state index in [1.54, 1.807) is 6.20 Å². The number of morpholine rings is 1. The minimum atomic E-state index is -3.17. The fourth-order valence-electron chi connectivity index (χ4n) is 3.23. The monoisotopic (exact) mass is 340 g/mol. The molecule has 1 saturated heterocycles. The predicted octanol–water partition coefficient (Wildman–Crippen LogP) is 1.21. The number of hydrogen-bond donors (Lipinski definition) is 1. The second-order valence-electron chi connectivity index (χ2n) is 6.28. The molecule has 1 saturated carbocycles. The molecule has 128 valence electrons. The highest BCUT2D eigenvalue weighted by atomic mass is 32.2. The van der Waals surface area contributed by atoms with Crippen LogP contribution in [-0.4, -0.2) is 61.3 Å². The molecule has 1 N–H and O–H groups in total. The molecule has 0 unspecified atom stereocenters. The molecule has 2 heterocycles. The van der Waals surface area contributed by atoms with Gasteiger partial charge in [-0.1, -0.05) is 12.8 Å². The summed E-state index contributed by atoms with van der Waals surface area (Å²) in [6.07, 6.45) is 7.78. The van der Waals surface area contributed by atoms with Crippen molar-refractivity contribution in [3.63, 3.8) is 0 Å². The molecule has 0 amide bonds. The summed E-state index contributed by atoms with van der Waals surface area (Å²) in [6.45, 7) is 1.71. The molecule has 0 aromatic carbocycles.